The van der Waals surface area contributed by atoms with E-state index in [1.54, 1.807) is 13.2 Å². The van der Waals surface area contributed by atoms with Crippen molar-refractivity contribution < 1.29 is 4.74 Å². The first-order valence-electron chi connectivity index (χ1n) is 6.04. The number of aryl methyl sites for hydroxylation is 1. The molecule has 0 bridgehead atoms. The Hall–Kier alpha value is -2.14. The van der Waals surface area contributed by atoms with Crippen molar-refractivity contribution >= 4 is 0 Å². The minimum absolute atomic E-state index is 0.149. The molecule has 100 valence electrons. The number of methoxy groups -OCH3 is 1. The van der Waals surface area contributed by atoms with Gasteiger partial charge in [-0.15, -0.1) is 0 Å². The highest BCUT2D eigenvalue weighted by atomic mass is 16.5. The van der Waals surface area contributed by atoms with Gasteiger partial charge in [-0.1, -0.05) is 12.1 Å². The van der Waals surface area contributed by atoms with Crippen LogP contribution in [0.2, 0.25) is 0 Å². The van der Waals surface area contributed by atoms with E-state index in [0.717, 1.165) is 17.0 Å². The highest BCUT2D eigenvalue weighted by molar-refractivity contribution is 5.30. The van der Waals surface area contributed by atoms with Gasteiger partial charge in [0.05, 0.1) is 19.3 Å². The Bertz CT molecular complexity index is 622. The van der Waals surface area contributed by atoms with Crippen molar-refractivity contribution in [2.24, 2.45) is 5.73 Å². The summed E-state index contributed by atoms with van der Waals surface area (Å²) in [6, 6.07) is 10.4. The molecule has 1 heterocycles. The average Bonchev–Trinajstić information content (AvgIpc) is 2.43. The lowest BCUT2D eigenvalue weighted by Crippen LogP contribution is -2.28. The molecule has 0 radical (unpaired) electrons. The first kappa shape index (κ1) is 13.3. The summed E-state index contributed by atoms with van der Waals surface area (Å²) in [7, 11) is 1.61. The number of nitrogens with two attached hydrogens (primary N) is 1. The van der Waals surface area contributed by atoms with Gasteiger partial charge in [0.1, 0.15) is 5.75 Å². The predicted molar refractivity (Wildman–Crippen MR) is 73.2 cm³/mol. The molecule has 5 nitrogen and oxygen atoms in total. The summed E-state index contributed by atoms with van der Waals surface area (Å²) in [5.74, 6) is 0.748. The van der Waals surface area contributed by atoms with Crippen LogP contribution in [0, 0.1) is 6.92 Å². The van der Waals surface area contributed by atoms with Crippen molar-refractivity contribution in [2.45, 2.75) is 19.5 Å². The van der Waals surface area contributed by atoms with Crippen LogP contribution in [0.3, 0.4) is 0 Å². The lowest BCUT2D eigenvalue weighted by Gasteiger charge is -2.14. The second-order valence-corrected chi connectivity index (χ2v) is 4.38. The van der Waals surface area contributed by atoms with Crippen LogP contribution in [0.15, 0.2) is 41.2 Å². The van der Waals surface area contributed by atoms with E-state index in [-0.39, 0.29) is 11.6 Å². The normalized spacial score (nSPS) is 12.2. The van der Waals surface area contributed by atoms with E-state index in [1.807, 2.05) is 31.2 Å². The molecular formula is C14H17N3O2. The van der Waals surface area contributed by atoms with E-state index in [9.17, 15) is 4.79 Å². The maximum atomic E-state index is 11.7. The summed E-state index contributed by atoms with van der Waals surface area (Å²) in [6.45, 7) is 2.18. The van der Waals surface area contributed by atoms with E-state index in [1.165, 1.54) is 10.7 Å². The highest BCUT2D eigenvalue weighted by Gasteiger charge is 2.09. The van der Waals surface area contributed by atoms with Crippen LogP contribution < -0.4 is 16.0 Å². The summed E-state index contributed by atoms with van der Waals surface area (Å²) in [5.41, 5.74) is 7.67. The molecule has 19 heavy (non-hydrogen) atoms. The van der Waals surface area contributed by atoms with E-state index in [0.29, 0.717) is 6.54 Å². The number of hydrogen-bond acceptors (Lipinski definition) is 4. The largest absolute Gasteiger partial charge is 0.497 e. The monoisotopic (exact) mass is 259 g/mol. The zero-order chi connectivity index (χ0) is 13.8. The van der Waals surface area contributed by atoms with Crippen LogP contribution in [0.5, 0.6) is 5.75 Å². The van der Waals surface area contributed by atoms with Gasteiger partial charge in [-0.05, 0) is 30.7 Å². The van der Waals surface area contributed by atoms with Crippen molar-refractivity contribution in [1.29, 1.82) is 0 Å². The van der Waals surface area contributed by atoms with Gasteiger partial charge in [0, 0.05) is 12.1 Å². The van der Waals surface area contributed by atoms with E-state index in [4.69, 9.17) is 10.5 Å². The molecule has 2 N–H and O–H groups in total. The van der Waals surface area contributed by atoms with Crippen molar-refractivity contribution in [2.75, 3.05) is 7.11 Å². The first-order valence-corrected chi connectivity index (χ1v) is 6.04. The van der Waals surface area contributed by atoms with Gasteiger partial charge >= 0.3 is 0 Å². The molecule has 0 saturated carbocycles. The Labute approximate surface area is 111 Å². The van der Waals surface area contributed by atoms with Gasteiger partial charge in [0.25, 0.3) is 5.56 Å². The third-order valence-corrected chi connectivity index (χ3v) is 2.89. The number of benzene rings is 1. The molecule has 0 amide bonds. The third kappa shape index (κ3) is 3.20. The Morgan fingerprint density at radius 1 is 1.37 bits per heavy atom. The molecule has 1 aromatic carbocycles. The van der Waals surface area contributed by atoms with Gasteiger partial charge in [-0.3, -0.25) is 4.79 Å². The second-order valence-electron chi connectivity index (χ2n) is 4.38. The van der Waals surface area contributed by atoms with E-state index < -0.39 is 0 Å². The highest BCUT2D eigenvalue weighted by Crippen LogP contribution is 2.18. The van der Waals surface area contributed by atoms with Gasteiger partial charge < -0.3 is 10.5 Å². The fraction of sp³-hybridized carbons (Fsp3) is 0.286. The zero-order valence-corrected chi connectivity index (χ0v) is 11.0. The molecule has 1 aromatic heterocycles. The van der Waals surface area contributed by atoms with Crippen LogP contribution in [-0.4, -0.2) is 16.9 Å². The summed E-state index contributed by atoms with van der Waals surface area (Å²) in [4.78, 5) is 11.7. The minimum Gasteiger partial charge on any atom is -0.497 e. The second kappa shape index (κ2) is 5.67. The number of hydrogen-bond donors (Lipinski definition) is 1. The molecule has 2 aromatic rings. The number of nitrogens with zero attached hydrogens (tertiary/aromatic N) is 2. The molecule has 0 saturated heterocycles. The molecule has 0 spiro atoms. The average molecular weight is 259 g/mol. The van der Waals surface area contributed by atoms with Crippen molar-refractivity contribution in [3.63, 3.8) is 0 Å². The van der Waals surface area contributed by atoms with Crippen LogP contribution >= 0.6 is 0 Å². The molecule has 0 fully saturated rings. The van der Waals surface area contributed by atoms with E-state index in [2.05, 4.69) is 5.10 Å². The fourth-order valence-electron chi connectivity index (χ4n) is 1.85. The SMILES string of the molecule is COc1cccc(C(N)Cn2nc(C)ccc2=O)c1. The maximum Gasteiger partial charge on any atom is 0.266 e. The number of ether oxygens (including phenoxy) is 1. The summed E-state index contributed by atoms with van der Waals surface area (Å²) in [6.07, 6.45) is 0. The lowest BCUT2D eigenvalue weighted by molar-refractivity contribution is 0.413. The summed E-state index contributed by atoms with van der Waals surface area (Å²) in [5, 5.41) is 4.17. The molecular weight excluding hydrogens is 242 g/mol. The summed E-state index contributed by atoms with van der Waals surface area (Å²) < 4.78 is 6.55. The molecule has 2 rings (SSSR count). The predicted octanol–water partition coefficient (Wildman–Crippen LogP) is 1.26. The fourth-order valence-corrected chi connectivity index (χ4v) is 1.85. The molecule has 0 aliphatic heterocycles. The zero-order valence-electron chi connectivity index (χ0n) is 11.0. The Morgan fingerprint density at radius 3 is 2.89 bits per heavy atom. The minimum atomic E-state index is -0.304. The van der Waals surface area contributed by atoms with Gasteiger partial charge in [0.15, 0.2) is 0 Å². The van der Waals surface area contributed by atoms with Crippen molar-refractivity contribution in [3.05, 3.63) is 58.0 Å². The maximum absolute atomic E-state index is 11.7. The standard InChI is InChI=1S/C14H17N3O2/c1-10-6-7-14(18)17(16-10)9-13(15)11-4-3-5-12(8-11)19-2/h3-8,13H,9,15H2,1-2H3. The Kier molecular flexibility index (Phi) is 3.97. The lowest BCUT2D eigenvalue weighted by atomic mass is 10.1. The van der Waals surface area contributed by atoms with Crippen LogP contribution in [0.1, 0.15) is 17.3 Å². The molecule has 0 aliphatic carbocycles. The topological polar surface area (TPSA) is 70.1 Å². The quantitative estimate of drug-likeness (QED) is 0.897. The molecule has 1 atom stereocenters. The van der Waals surface area contributed by atoms with Gasteiger partial charge in [0.2, 0.25) is 0 Å². The number of rotatable bonds is 4. The summed E-state index contributed by atoms with van der Waals surface area (Å²) >= 11 is 0. The smallest absolute Gasteiger partial charge is 0.266 e. The number of aromatic nitrogens is 2. The van der Waals surface area contributed by atoms with Crippen LogP contribution in [-0.2, 0) is 6.54 Å². The van der Waals surface area contributed by atoms with Crippen LogP contribution in [0.25, 0.3) is 0 Å². The van der Waals surface area contributed by atoms with E-state index >= 15 is 0 Å². The Balaban J connectivity index is 2.22. The first-order chi connectivity index (χ1) is 9.10. The van der Waals surface area contributed by atoms with Crippen molar-refractivity contribution in [1.82, 2.24) is 9.78 Å². The van der Waals surface area contributed by atoms with Gasteiger partial charge in [-0.2, -0.15) is 5.10 Å². The molecule has 5 heteroatoms. The van der Waals surface area contributed by atoms with Gasteiger partial charge in [-0.25, -0.2) is 4.68 Å². The molecule has 1 unspecified atom stereocenters. The molecule has 0 aliphatic rings. The Morgan fingerprint density at radius 2 is 2.16 bits per heavy atom. The third-order valence-electron chi connectivity index (χ3n) is 2.89. The van der Waals surface area contributed by atoms with Crippen molar-refractivity contribution in [3.8, 4) is 5.75 Å². The van der Waals surface area contributed by atoms with Crippen LogP contribution in [0.4, 0.5) is 0 Å².